The summed E-state index contributed by atoms with van der Waals surface area (Å²) in [6.45, 7) is 10.0. The third kappa shape index (κ3) is 4.88. The van der Waals surface area contributed by atoms with Gasteiger partial charge in [0.1, 0.15) is 0 Å². The summed E-state index contributed by atoms with van der Waals surface area (Å²) in [6, 6.07) is 0. The summed E-state index contributed by atoms with van der Waals surface area (Å²) >= 11 is 0. The van der Waals surface area contributed by atoms with Gasteiger partial charge >= 0.3 is 0 Å². The molecule has 0 aliphatic carbocycles. The molecule has 0 saturated carbocycles. The molecule has 1 N–H and O–H groups in total. The molecule has 1 heterocycles. The summed E-state index contributed by atoms with van der Waals surface area (Å²) in [7, 11) is 2.07. The molecule has 0 fully saturated rings. The van der Waals surface area contributed by atoms with E-state index in [1.54, 1.807) is 0 Å². The van der Waals surface area contributed by atoms with E-state index in [0.717, 1.165) is 19.5 Å². The molecule has 1 rings (SSSR count). The number of hydrogen-bond acceptors (Lipinski definition) is 3. The highest BCUT2D eigenvalue weighted by Gasteiger charge is 2.14. The van der Waals surface area contributed by atoms with E-state index < -0.39 is 0 Å². The zero-order valence-corrected chi connectivity index (χ0v) is 11.6. The lowest BCUT2D eigenvalue weighted by atomic mass is 10.1. The highest BCUT2D eigenvalue weighted by Crippen LogP contribution is 2.14. The van der Waals surface area contributed by atoms with Crippen LogP contribution in [0.15, 0.2) is 12.4 Å². The van der Waals surface area contributed by atoms with Crippen LogP contribution in [-0.4, -0.2) is 39.5 Å². The first kappa shape index (κ1) is 14.2. The lowest BCUT2D eigenvalue weighted by Crippen LogP contribution is -2.23. The summed E-state index contributed by atoms with van der Waals surface area (Å²) in [5.41, 5.74) is 1.25. The van der Waals surface area contributed by atoms with Crippen LogP contribution < -0.4 is 0 Å². The minimum absolute atomic E-state index is 0.0381. The van der Waals surface area contributed by atoms with Crippen LogP contribution in [-0.2, 0) is 12.1 Å². The second-order valence-corrected chi connectivity index (χ2v) is 5.84. The number of hydrogen-bond donors (Lipinski definition) is 1. The van der Waals surface area contributed by atoms with E-state index >= 15 is 0 Å². The Kier molecular flexibility index (Phi) is 4.71. The fraction of sp³-hybridized carbons (Fsp3) is 0.769. The van der Waals surface area contributed by atoms with Crippen molar-refractivity contribution in [3.8, 4) is 0 Å². The predicted octanol–water partition coefficient (Wildman–Crippen LogP) is 1.84. The molecule has 0 aliphatic rings. The van der Waals surface area contributed by atoms with Crippen molar-refractivity contribution in [1.82, 2.24) is 14.7 Å². The summed E-state index contributed by atoms with van der Waals surface area (Å²) in [5.74, 6) is 0. The van der Waals surface area contributed by atoms with Crippen LogP contribution in [0.1, 0.15) is 39.7 Å². The van der Waals surface area contributed by atoms with E-state index in [0.29, 0.717) is 0 Å². The van der Waals surface area contributed by atoms with E-state index in [9.17, 15) is 5.11 Å². The molecule has 98 valence electrons. The molecular weight excluding hydrogens is 214 g/mol. The lowest BCUT2D eigenvalue weighted by molar-refractivity contribution is 0.163. The van der Waals surface area contributed by atoms with Gasteiger partial charge in [0.2, 0.25) is 0 Å². The largest absolute Gasteiger partial charge is 0.393 e. The van der Waals surface area contributed by atoms with Crippen LogP contribution in [0.2, 0.25) is 0 Å². The van der Waals surface area contributed by atoms with Crippen LogP contribution in [0.3, 0.4) is 0 Å². The van der Waals surface area contributed by atoms with Crippen LogP contribution in [0, 0.1) is 0 Å². The topological polar surface area (TPSA) is 41.3 Å². The Morgan fingerprint density at radius 2 is 2.12 bits per heavy atom. The van der Waals surface area contributed by atoms with Crippen molar-refractivity contribution in [3.63, 3.8) is 0 Å². The molecule has 4 nitrogen and oxygen atoms in total. The van der Waals surface area contributed by atoms with Gasteiger partial charge in [0.05, 0.1) is 17.8 Å². The highest BCUT2D eigenvalue weighted by atomic mass is 16.3. The minimum Gasteiger partial charge on any atom is -0.393 e. The van der Waals surface area contributed by atoms with Crippen molar-refractivity contribution < 1.29 is 5.11 Å². The van der Waals surface area contributed by atoms with E-state index in [2.05, 4.69) is 44.0 Å². The van der Waals surface area contributed by atoms with Crippen molar-refractivity contribution in [2.45, 2.75) is 52.3 Å². The third-order valence-electron chi connectivity index (χ3n) is 2.70. The maximum atomic E-state index is 9.24. The minimum atomic E-state index is -0.227. The molecule has 1 aromatic heterocycles. The van der Waals surface area contributed by atoms with Crippen molar-refractivity contribution in [2.24, 2.45) is 0 Å². The summed E-state index contributed by atoms with van der Waals surface area (Å²) < 4.78 is 1.99. The Balaban J connectivity index is 2.49. The molecule has 0 spiro atoms. The quantitative estimate of drug-likeness (QED) is 0.852. The molecule has 4 heteroatoms. The molecule has 0 radical (unpaired) electrons. The number of rotatable bonds is 5. The number of aliphatic hydroxyl groups is 1. The molecular formula is C13H25N3O. The van der Waals surface area contributed by atoms with Crippen LogP contribution in [0.25, 0.3) is 0 Å². The van der Waals surface area contributed by atoms with Gasteiger partial charge in [-0.25, -0.2) is 0 Å². The monoisotopic (exact) mass is 239 g/mol. The van der Waals surface area contributed by atoms with Gasteiger partial charge in [-0.1, -0.05) is 0 Å². The SMILES string of the molecule is CC(O)CCN(C)Cc1cnn(C(C)(C)C)c1. The second-order valence-electron chi connectivity index (χ2n) is 5.84. The van der Waals surface area contributed by atoms with E-state index in [4.69, 9.17) is 0 Å². The fourth-order valence-corrected chi connectivity index (χ4v) is 1.61. The third-order valence-corrected chi connectivity index (χ3v) is 2.70. The zero-order valence-electron chi connectivity index (χ0n) is 11.6. The number of aromatic nitrogens is 2. The predicted molar refractivity (Wildman–Crippen MR) is 69.9 cm³/mol. The lowest BCUT2D eigenvalue weighted by Gasteiger charge is -2.19. The van der Waals surface area contributed by atoms with Crippen molar-refractivity contribution in [2.75, 3.05) is 13.6 Å². The van der Waals surface area contributed by atoms with Gasteiger partial charge < -0.3 is 10.0 Å². The van der Waals surface area contributed by atoms with Crippen molar-refractivity contribution in [1.29, 1.82) is 0 Å². The van der Waals surface area contributed by atoms with Gasteiger partial charge in [-0.15, -0.1) is 0 Å². The Hall–Kier alpha value is -0.870. The molecule has 1 atom stereocenters. The molecule has 0 saturated heterocycles. The summed E-state index contributed by atoms with van der Waals surface area (Å²) in [4.78, 5) is 2.21. The Morgan fingerprint density at radius 3 is 2.59 bits per heavy atom. The molecule has 1 aromatic rings. The first-order valence-corrected chi connectivity index (χ1v) is 6.19. The van der Waals surface area contributed by atoms with E-state index in [1.165, 1.54) is 5.56 Å². The smallest absolute Gasteiger partial charge is 0.0543 e. The Labute approximate surface area is 104 Å². The average Bonchev–Trinajstić information content (AvgIpc) is 2.62. The summed E-state index contributed by atoms with van der Waals surface area (Å²) in [6.07, 6.45) is 4.60. The molecule has 0 bridgehead atoms. The standard InChI is InChI=1S/C13H25N3O/c1-11(17)6-7-15(5)9-12-8-14-16(10-12)13(2,3)4/h8,10-11,17H,6-7,9H2,1-5H3. The highest BCUT2D eigenvalue weighted by molar-refractivity contribution is 5.04. The van der Waals surface area contributed by atoms with E-state index in [1.807, 2.05) is 17.8 Å². The van der Waals surface area contributed by atoms with Gasteiger partial charge in [0.15, 0.2) is 0 Å². The van der Waals surface area contributed by atoms with Gasteiger partial charge in [-0.05, 0) is 41.2 Å². The van der Waals surface area contributed by atoms with Gasteiger partial charge in [-0.2, -0.15) is 5.10 Å². The molecule has 17 heavy (non-hydrogen) atoms. The first-order valence-electron chi connectivity index (χ1n) is 6.19. The van der Waals surface area contributed by atoms with Crippen molar-refractivity contribution in [3.05, 3.63) is 18.0 Å². The first-order chi connectivity index (χ1) is 7.79. The summed E-state index contributed by atoms with van der Waals surface area (Å²) in [5, 5.41) is 13.6. The van der Waals surface area contributed by atoms with Gasteiger partial charge in [0.25, 0.3) is 0 Å². The van der Waals surface area contributed by atoms with Gasteiger partial charge in [0, 0.05) is 24.8 Å². The normalized spacial score (nSPS) is 14.3. The van der Waals surface area contributed by atoms with Crippen LogP contribution in [0.5, 0.6) is 0 Å². The molecule has 0 aromatic carbocycles. The maximum Gasteiger partial charge on any atom is 0.0543 e. The average molecular weight is 239 g/mol. The molecule has 0 amide bonds. The van der Waals surface area contributed by atoms with Crippen LogP contribution in [0.4, 0.5) is 0 Å². The Morgan fingerprint density at radius 1 is 1.47 bits per heavy atom. The zero-order chi connectivity index (χ0) is 13.1. The number of aliphatic hydroxyl groups excluding tert-OH is 1. The molecule has 1 unspecified atom stereocenters. The van der Waals surface area contributed by atoms with Crippen LogP contribution >= 0.6 is 0 Å². The molecule has 0 aliphatic heterocycles. The van der Waals surface area contributed by atoms with E-state index in [-0.39, 0.29) is 11.6 Å². The van der Waals surface area contributed by atoms with Crippen molar-refractivity contribution >= 4 is 0 Å². The second kappa shape index (κ2) is 5.65. The van der Waals surface area contributed by atoms with Gasteiger partial charge in [-0.3, -0.25) is 4.68 Å². The maximum absolute atomic E-state index is 9.24. The number of nitrogens with zero attached hydrogens (tertiary/aromatic N) is 3. The fourth-order valence-electron chi connectivity index (χ4n) is 1.61. The Bertz CT molecular complexity index is 339.